The topological polar surface area (TPSA) is 26.0 Å². The molecule has 2 heteroatoms. The van der Waals surface area contributed by atoms with Crippen molar-refractivity contribution in [1.29, 1.82) is 0 Å². The zero-order valence-corrected chi connectivity index (χ0v) is 7.93. The minimum absolute atomic E-state index is 0.273. The average Bonchev–Trinajstić information content (AvgIpc) is 2.47. The predicted molar refractivity (Wildman–Crippen MR) is 49.7 cm³/mol. The molecule has 0 aromatic rings. The molecule has 1 aliphatic rings. The number of alkyl halides is 1. The summed E-state index contributed by atoms with van der Waals surface area (Å²) in [4.78, 5) is 0. The molecule has 72 valence electrons. The summed E-state index contributed by atoms with van der Waals surface area (Å²) in [6.45, 7) is 2.81. The molecular formula is C10H20FN. The Morgan fingerprint density at radius 2 is 2.25 bits per heavy atom. The summed E-state index contributed by atoms with van der Waals surface area (Å²) in [5.41, 5.74) is 5.63. The normalized spacial score (nSPS) is 32.2. The Morgan fingerprint density at radius 1 is 1.50 bits per heavy atom. The number of hydrogen-bond donors (Lipinski definition) is 1. The lowest BCUT2D eigenvalue weighted by molar-refractivity contribution is 0.190. The Balaban J connectivity index is 2.41. The number of rotatable bonds is 4. The van der Waals surface area contributed by atoms with E-state index in [1.54, 1.807) is 0 Å². The first-order valence-electron chi connectivity index (χ1n) is 5.13. The minimum Gasteiger partial charge on any atom is -0.330 e. The third kappa shape index (κ3) is 2.19. The summed E-state index contributed by atoms with van der Waals surface area (Å²) in [5.74, 6) is 0.711. The monoisotopic (exact) mass is 173 g/mol. The van der Waals surface area contributed by atoms with Crippen molar-refractivity contribution in [2.45, 2.75) is 45.2 Å². The summed E-state index contributed by atoms with van der Waals surface area (Å²) in [7, 11) is 0. The number of halogens is 1. The third-order valence-corrected chi connectivity index (χ3v) is 3.05. The number of hydrogen-bond acceptors (Lipinski definition) is 1. The molecule has 2 N–H and O–H groups in total. The molecule has 1 unspecified atom stereocenters. The van der Waals surface area contributed by atoms with Crippen LogP contribution in [0.5, 0.6) is 0 Å². The molecule has 0 spiro atoms. The van der Waals surface area contributed by atoms with Gasteiger partial charge >= 0.3 is 0 Å². The predicted octanol–water partition coefficient (Wildman–Crippen LogP) is 2.50. The highest BCUT2D eigenvalue weighted by Crippen LogP contribution is 2.35. The fraction of sp³-hybridized carbons (Fsp3) is 1.00. The van der Waals surface area contributed by atoms with Crippen LogP contribution in [-0.2, 0) is 0 Å². The Bertz CT molecular complexity index is 127. The van der Waals surface area contributed by atoms with Crippen molar-refractivity contribution in [3.8, 4) is 0 Å². The van der Waals surface area contributed by atoms with E-state index in [1.807, 2.05) is 0 Å². The molecule has 0 aromatic heterocycles. The molecule has 0 aromatic carbocycles. The lowest BCUT2D eigenvalue weighted by atomic mass is 9.86. The first-order valence-corrected chi connectivity index (χ1v) is 5.13. The van der Waals surface area contributed by atoms with Crippen LogP contribution in [0.25, 0.3) is 0 Å². The zero-order valence-electron chi connectivity index (χ0n) is 7.93. The molecule has 0 heterocycles. The number of nitrogens with two attached hydrogens (primary N) is 1. The Kier molecular flexibility index (Phi) is 3.99. The van der Waals surface area contributed by atoms with E-state index in [0.717, 1.165) is 32.1 Å². The molecule has 1 aliphatic carbocycles. The second-order valence-corrected chi connectivity index (χ2v) is 3.90. The average molecular weight is 173 g/mol. The van der Waals surface area contributed by atoms with Gasteiger partial charge in [-0.25, -0.2) is 4.39 Å². The van der Waals surface area contributed by atoms with Gasteiger partial charge in [0.15, 0.2) is 0 Å². The van der Waals surface area contributed by atoms with Crippen molar-refractivity contribution < 1.29 is 4.39 Å². The maximum absolute atomic E-state index is 13.3. The van der Waals surface area contributed by atoms with Crippen LogP contribution in [0, 0.1) is 11.8 Å². The van der Waals surface area contributed by atoms with Crippen molar-refractivity contribution in [1.82, 2.24) is 0 Å². The van der Waals surface area contributed by atoms with Gasteiger partial charge in [-0.15, -0.1) is 0 Å². The van der Waals surface area contributed by atoms with E-state index in [2.05, 4.69) is 6.92 Å². The van der Waals surface area contributed by atoms with Gasteiger partial charge in [0, 0.05) is 0 Å². The fourth-order valence-corrected chi connectivity index (χ4v) is 2.35. The van der Waals surface area contributed by atoms with Gasteiger partial charge in [0.2, 0.25) is 0 Å². The summed E-state index contributed by atoms with van der Waals surface area (Å²) in [5, 5.41) is 0. The van der Waals surface area contributed by atoms with Gasteiger partial charge in [-0.05, 0) is 37.6 Å². The standard InChI is InChI=1S/C10H20FN/c1-2-4-8(7-12)9-5-3-6-10(9)11/h8-10H,2-7,12H2,1H3/t8-,9?,10+/m1/s1. The molecule has 3 atom stereocenters. The van der Waals surface area contributed by atoms with E-state index >= 15 is 0 Å². The van der Waals surface area contributed by atoms with Gasteiger partial charge in [-0.2, -0.15) is 0 Å². The van der Waals surface area contributed by atoms with E-state index in [1.165, 1.54) is 0 Å². The van der Waals surface area contributed by atoms with Crippen molar-refractivity contribution in [3.63, 3.8) is 0 Å². The van der Waals surface area contributed by atoms with Gasteiger partial charge in [0.25, 0.3) is 0 Å². The molecule has 0 bridgehead atoms. The summed E-state index contributed by atoms with van der Waals surface area (Å²) in [6.07, 6.45) is 4.55. The zero-order chi connectivity index (χ0) is 8.97. The maximum Gasteiger partial charge on any atom is 0.103 e. The van der Waals surface area contributed by atoms with E-state index < -0.39 is 6.17 Å². The van der Waals surface area contributed by atoms with Crippen LogP contribution in [0.1, 0.15) is 39.0 Å². The smallest absolute Gasteiger partial charge is 0.103 e. The Hall–Kier alpha value is -0.110. The first kappa shape index (κ1) is 9.97. The third-order valence-electron chi connectivity index (χ3n) is 3.05. The first-order chi connectivity index (χ1) is 5.79. The molecule has 0 saturated heterocycles. The molecule has 1 nitrogen and oxygen atoms in total. The highest BCUT2D eigenvalue weighted by Gasteiger charge is 2.32. The molecule has 0 radical (unpaired) electrons. The van der Waals surface area contributed by atoms with Gasteiger partial charge < -0.3 is 5.73 Å². The van der Waals surface area contributed by atoms with Gasteiger partial charge in [-0.1, -0.05) is 19.8 Å². The van der Waals surface area contributed by atoms with Crippen molar-refractivity contribution >= 4 is 0 Å². The molecule has 0 aliphatic heterocycles. The minimum atomic E-state index is -0.565. The van der Waals surface area contributed by atoms with E-state index in [-0.39, 0.29) is 5.92 Å². The highest BCUT2D eigenvalue weighted by atomic mass is 19.1. The molecular weight excluding hydrogens is 153 g/mol. The summed E-state index contributed by atoms with van der Waals surface area (Å²) < 4.78 is 13.3. The molecule has 0 amide bonds. The van der Waals surface area contributed by atoms with Crippen molar-refractivity contribution in [2.75, 3.05) is 6.54 Å². The van der Waals surface area contributed by atoms with Crippen molar-refractivity contribution in [3.05, 3.63) is 0 Å². The van der Waals surface area contributed by atoms with E-state index in [0.29, 0.717) is 12.5 Å². The highest BCUT2D eigenvalue weighted by molar-refractivity contribution is 4.82. The SMILES string of the molecule is CCC[C@H](CN)C1CCC[C@@H]1F. The van der Waals surface area contributed by atoms with E-state index in [4.69, 9.17) is 5.73 Å². The van der Waals surface area contributed by atoms with Gasteiger partial charge in [-0.3, -0.25) is 0 Å². The largest absolute Gasteiger partial charge is 0.330 e. The second-order valence-electron chi connectivity index (χ2n) is 3.90. The summed E-state index contributed by atoms with van der Waals surface area (Å²) in [6, 6.07) is 0. The second kappa shape index (κ2) is 4.80. The maximum atomic E-state index is 13.3. The van der Waals surface area contributed by atoms with Crippen LogP contribution >= 0.6 is 0 Å². The van der Waals surface area contributed by atoms with Crippen LogP contribution in [0.2, 0.25) is 0 Å². The lowest BCUT2D eigenvalue weighted by Gasteiger charge is -2.22. The van der Waals surface area contributed by atoms with Crippen LogP contribution < -0.4 is 5.73 Å². The summed E-state index contributed by atoms with van der Waals surface area (Å²) >= 11 is 0. The Morgan fingerprint density at radius 3 is 2.67 bits per heavy atom. The van der Waals surface area contributed by atoms with Crippen LogP contribution in [0.15, 0.2) is 0 Å². The van der Waals surface area contributed by atoms with Gasteiger partial charge in [0.05, 0.1) is 0 Å². The Labute approximate surface area is 74.5 Å². The van der Waals surface area contributed by atoms with E-state index in [9.17, 15) is 4.39 Å². The van der Waals surface area contributed by atoms with Crippen LogP contribution in [0.4, 0.5) is 4.39 Å². The molecule has 1 saturated carbocycles. The van der Waals surface area contributed by atoms with Gasteiger partial charge in [0.1, 0.15) is 6.17 Å². The van der Waals surface area contributed by atoms with Crippen LogP contribution in [0.3, 0.4) is 0 Å². The van der Waals surface area contributed by atoms with Crippen LogP contribution in [-0.4, -0.2) is 12.7 Å². The molecule has 1 fully saturated rings. The quantitative estimate of drug-likeness (QED) is 0.694. The fourth-order valence-electron chi connectivity index (χ4n) is 2.35. The molecule has 1 rings (SSSR count). The molecule has 12 heavy (non-hydrogen) atoms. The lowest BCUT2D eigenvalue weighted by Crippen LogP contribution is -2.26. The van der Waals surface area contributed by atoms with Crippen molar-refractivity contribution in [2.24, 2.45) is 17.6 Å².